The van der Waals surface area contributed by atoms with Gasteiger partial charge in [0.2, 0.25) is 0 Å². The van der Waals surface area contributed by atoms with E-state index in [0.29, 0.717) is 12.6 Å². The zero-order chi connectivity index (χ0) is 14.7. The van der Waals surface area contributed by atoms with E-state index in [1.165, 1.54) is 0 Å². The van der Waals surface area contributed by atoms with Crippen LogP contribution in [0, 0.1) is 0 Å². The van der Waals surface area contributed by atoms with Gasteiger partial charge < -0.3 is 0 Å². The van der Waals surface area contributed by atoms with E-state index < -0.39 is 0 Å². The van der Waals surface area contributed by atoms with Gasteiger partial charge >= 0.3 is 129 Å². The molecule has 0 unspecified atom stereocenters. The summed E-state index contributed by atoms with van der Waals surface area (Å²) in [6, 6.07) is 6.43. The van der Waals surface area contributed by atoms with Gasteiger partial charge in [-0.25, -0.2) is 0 Å². The number of nitrogens with zero attached hydrogens (tertiary/aromatic N) is 3. The molecular formula is C14H18N4O2Se. The number of carbonyl (C=O) groups excluding carboxylic acids is 1. The second-order valence-electron chi connectivity index (χ2n) is 5.04. The van der Waals surface area contributed by atoms with Crippen LogP contribution in [0.4, 0.5) is 10.5 Å². The molecule has 112 valence electrons. The van der Waals surface area contributed by atoms with Crippen LogP contribution in [0.1, 0.15) is 19.8 Å². The Kier molecular flexibility index (Phi) is 4.41. The first kappa shape index (κ1) is 14.4. The fourth-order valence-electron chi connectivity index (χ4n) is 2.56. The number of rotatable bonds is 3. The van der Waals surface area contributed by atoms with Gasteiger partial charge in [-0.15, -0.1) is 0 Å². The molecule has 0 aliphatic carbocycles. The molecule has 6 nitrogen and oxygen atoms in total. The Labute approximate surface area is 129 Å². The first-order chi connectivity index (χ1) is 10.3. The number of benzene rings is 1. The fraction of sp³-hybridized carbons (Fsp3) is 0.500. The summed E-state index contributed by atoms with van der Waals surface area (Å²) in [5.41, 5.74) is 3.04. The molecule has 1 fully saturated rings. The molecule has 2 aromatic rings. The van der Waals surface area contributed by atoms with Crippen LogP contribution in [0.15, 0.2) is 18.2 Å². The molecule has 3 rings (SSSR count). The normalized spacial score (nSPS) is 16.1. The SMILES string of the molecule is CCOC(=O)N1CCC(Nc2cccc3n[se]nc23)CC1. The van der Waals surface area contributed by atoms with E-state index in [-0.39, 0.29) is 21.1 Å². The minimum atomic E-state index is -0.201. The molecule has 1 amide bonds. The number of anilines is 1. The molecule has 0 radical (unpaired) electrons. The van der Waals surface area contributed by atoms with Gasteiger partial charge in [0.05, 0.1) is 0 Å². The summed E-state index contributed by atoms with van der Waals surface area (Å²) in [6.07, 6.45) is 1.64. The number of amides is 1. The van der Waals surface area contributed by atoms with Crippen LogP contribution in [0.25, 0.3) is 11.0 Å². The van der Waals surface area contributed by atoms with Crippen molar-refractivity contribution in [3.8, 4) is 0 Å². The summed E-state index contributed by atoms with van der Waals surface area (Å²) in [7, 11) is 0. The Bertz CT molecular complexity index is 622. The molecule has 1 aromatic heterocycles. The van der Waals surface area contributed by atoms with Crippen molar-refractivity contribution in [3.05, 3.63) is 18.2 Å². The molecule has 0 atom stereocenters. The minimum absolute atomic E-state index is 0.00656. The van der Waals surface area contributed by atoms with Gasteiger partial charge in [0.1, 0.15) is 0 Å². The summed E-state index contributed by atoms with van der Waals surface area (Å²) in [4.78, 5) is 13.5. The molecule has 7 heteroatoms. The van der Waals surface area contributed by atoms with Crippen LogP contribution in [0.3, 0.4) is 0 Å². The standard InChI is InChI=1S/C14H18N4O2Se/c1-2-20-14(19)18-8-6-10(7-9-18)15-11-4-3-5-12-13(11)17-21-16-12/h3-5,10,15H,2,6-9H2,1H3. The Hall–Kier alpha value is -1.59. The predicted octanol–water partition coefficient (Wildman–Crippen LogP) is 1.72. The second kappa shape index (κ2) is 6.45. The van der Waals surface area contributed by atoms with Crippen molar-refractivity contribution in [2.75, 3.05) is 25.0 Å². The first-order valence-corrected chi connectivity index (χ1v) is 8.70. The number of aromatic nitrogens is 2. The van der Waals surface area contributed by atoms with Crippen molar-refractivity contribution in [1.82, 2.24) is 12.9 Å². The van der Waals surface area contributed by atoms with E-state index in [2.05, 4.69) is 19.3 Å². The third-order valence-electron chi connectivity index (χ3n) is 3.67. The molecule has 1 aliphatic heterocycles. The summed E-state index contributed by atoms with van der Waals surface area (Å²) in [5.74, 6) is 0. The van der Waals surface area contributed by atoms with Gasteiger partial charge in [0.15, 0.2) is 0 Å². The third-order valence-corrected chi connectivity index (χ3v) is 4.80. The number of hydrogen-bond donors (Lipinski definition) is 1. The van der Waals surface area contributed by atoms with Crippen molar-refractivity contribution in [1.29, 1.82) is 0 Å². The number of likely N-dealkylation sites (tertiary alicyclic amines) is 1. The second-order valence-corrected chi connectivity index (χ2v) is 6.15. The van der Waals surface area contributed by atoms with Crippen LogP contribution >= 0.6 is 0 Å². The molecule has 0 spiro atoms. The van der Waals surface area contributed by atoms with Crippen molar-refractivity contribution >= 4 is 37.8 Å². The van der Waals surface area contributed by atoms with Crippen molar-refractivity contribution in [2.45, 2.75) is 25.8 Å². The number of ether oxygens (including phenoxy) is 1. The average Bonchev–Trinajstić information content (AvgIpc) is 2.98. The molecule has 1 aromatic carbocycles. The number of carbonyl (C=O) groups is 1. The molecule has 0 saturated carbocycles. The maximum atomic E-state index is 11.7. The Morgan fingerprint density at radius 2 is 2.24 bits per heavy atom. The Balaban J connectivity index is 1.60. The summed E-state index contributed by atoms with van der Waals surface area (Å²) in [5, 5.41) is 3.55. The zero-order valence-electron chi connectivity index (χ0n) is 11.9. The number of piperidine rings is 1. The van der Waals surface area contributed by atoms with E-state index in [1.807, 2.05) is 19.1 Å². The average molecular weight is 353 g/mol. The van der Waals surface area contributed by atoms with E-state index in [1.54, 1.807) is 4.90 Å². The molecular weight excluding hydrogens is 335 g/mol. The van der Waals surface area contributed by atoms with Crippen molar-refractivity contribution < 1.29 is 9.53 Å². The quantitative estimate of drug-likeness (QED) is 0.851. The molecule has 1 N–H and O–H groups in total. The van der Waals surface area contributed by atoms with Gasteiger partial charge in [-0.05, 0) is 0 Å². The van der Waals surface area contributed by atoms with Gasteiger partial charge in [0, 0.05) is 0 Å². The molecule has 21 heavy (non-hydrogen) atoms. The van der Waals surface area contributed by atoms with E-state index in [9.17, 15) is 4.79 Å². The summed E-state index contributed by atoms with van der Waals surface area (Å²) < 4.78 is 13.9. The van der Waals surface area contributed by atoms with Gasteiger partial charge in [-0.2, -0.15) is 0 Å². The number of hydrogen-bond acceptors (Lipinski definition) is 5. The molecule has 0 bridgehead atoms. The summed E-state index contributed by atoms with van der Waals surface area (Å²) in [6.45, 7) is 3.73. The molecule has 1 aliphatic rings. The van der Waals surface area contributed by atoms with E-state index in [4.69, 9.17) is 4.74 Å². The van der Waals surface area contributed by atoms with Gasteiger partial charge in [-0.3, -0.25) is 0 Å². The Morgan fingerprint density at radius 3 is 3.00 bits per heavy atom. The number of fused-ring (bicyclic) bond motifs is 1. The predicted molar refractivity (Wildman–Crippen MR) is 81.7 cm³/mol. The van der Waals surface area contributed by atoms with Crippen LogP contribution in [0.5, 0.6) is 0 Å². The third kappa shape index (κ3) is 3.19. The van der Waals surface area contributed by atoms with Crippen LogP contribution in [-0.2, 0) is 4.74 Å². The van der Waals surface area contributed by atoms with Crippen LogP contribution in [-0.4, -0.2) is 59.7 Å². The van der Waals surface area contributed by atoms with E-state index >= 15 is 0 Å². The molecule has 1 saturated heterocycles. The van der Waals surface area contributed by atoms with Crippen molar-refractivity contribution in [3.63, 3.8) is 0 Å². The van der Waals surface area contributed by atoms with Gasteiger partial charge in [-0.1, -0.05) is 0 Å². The topological polar surface area (TPSA) is 67.3 Å². The Morgan fingerprint density at radius 1 is 1.43 bits per heavy atom. The monoisotopic (exact) mass is 354 g/mol. The fourth-order valence-corrected chi connectivity index (χ4v) is 3.72. The maximum absolute atomic E-state index is 11.7. The van der Waals surface area contributed by atoms with E-state index in [0.717, 1.165) is 42.7 Å². The zero-order valence-corrected chi connectivity index (χ0v) is 13.6. The summed E-state index contributed by atoms with van der Waals surface area (Å²) >= 11 is -0.00656. The number of nitrogens with one attached hydrogen (secondary N) is 1. The van der Waals surface area contributed by atoms with Crippen LogP contribution in [0.2, 0.25) is 0 Å². The van der Waals surface area contributed by atoms with Crippen LogP contribution < -0.4 is 5.32 Å². The van der Waals surface area contributed by atoms with Crippen molar-refractivity contribution in [2.24, 2.45) is 0 Å². The van der Waals surface area contributed by atoms with Gasteiger partial charge in [0.25, 0.3) is 0 Å². The molecule has 2 heterocycles. The first-order valence-electron chi connectivity index (χ1n) is 7.17.